The highest BCUT2D eigenvalue weighted by Crippen LogP contribution is 2.20. The number of aryl methyl sites for hydroxylation is 1. The van der Waals surface area contributed by atoms with Crippen LogP contribution in [0.25, 0.3) is 0 Å². The molecule has 0 spiro atoms. The van der Waals surface area contributed by atoms with E-state index in [1.54, 1.807) is 7.05 Å². The Bertz CT molecular complexity index is 670. The molecule has 0 heterocycles. The molecule has 0 saturated heterocycles. The molecule has 0 saturated carbocycles. The Morgan fingerprint density at radius 3 is 2.52 bits per heavy atom. The van der Waals surface area contributed by atoms with Gasteiger partial charge in [0, 0.05) is 7.05 Å². The van der Waals surface area contributed by atoms with Gasteiger partial charge in [-0.05, 0) is 37.3 Å². The molecule has 2 aromatic carbocycles. The van der Waals surface area contributed by atoms with E-state index < -0.39 is 5.82 Å². The van der Waals surface area contributed by atoms with Crippen molar-refractivity contribution in [3.05, 3.63) is 59.4 Å². The van der Waals surface area contributed by atoms with Crippen LogP contribution < -0.4 is 9.47 Å². The van der Waals surface area contributed by atoms with Crippen LogP contribution in [0.4, 0.5) is 4.39 Å². The Hall–Kier alpha value is -2.56. The van der Waals surface area contributed by atoms with Crippen LogP contribution in [0, 0.1) is 12.7 Å². The van der Waals surface area contributed by atoms with Crippen LogP contribution in [0.3, 0.4) is 0 Å². The number of benzene rings is 2. The molecule has 0 radical (unpaired) electrons. The molecule has 0 unspecified atom stereocenters. The number of likely N-dealkylation sites (N-methyl/N-ethyl adjacent to an activating group) is 1. The average Bonchev–Trinajstić information content (AvgIpc) is 2.55. The second kappa shape index (κ2) is 7.63. The second-order valence-corrected chi connectivity index (χ2v) is 5.23. The predicted octanol–water partition coefficient (Wildman–Crippen LogP) is 3.29. The summed E-state index contributed by atoms with van der Waals surface area (Å²) in [6.45, 7) is 2.73. The van der Waals surface area contributed by atoms with Crippen LogP contribution in [0.1, 0.15) is 15.9 Å². The van der Waals surface area contributed by atoms with Gasteiger partial charge in [-0.2, -0.15) is 0 Å². The Balaban J connectivity index is 1.95. The predicted molar refractivity (Wildman–Crippen MR) is 86.6 cm³/mol. The van der Waals surface area contributed by atoms with E-state index in [9.17, 15) is 9.18 Å². The van der Waals surface area contributed by atoms with Gasteiger partial charge in [-0.1, -0.05) is 17.7 Å². The van der Waals surface area contributed by atoms with E-state index in [0.717, 1.165) is 11.3 Å². The monoisotopic (exact) mass is 317 g/mol. The maximum atomic E-state index is 13.4. The largest absolute Gasteiger partial charge is 0.496 e. The number of carbonyl (C=O) groups is 1. The fraction of sp³-hybridized carbons (Fsp3) is 0.278. The summed E-state index contributed by atoms with van der Waals surface area (Å²) < 4.78 is 24.1. The van der Waals surface area contributed by atoms with Crippen LogP contribution in [-0.4, -0.2) is 38.1 Å². The molecule has 0 aliphatic rings. The van der Waals surface area contributed by atoms with Crippen molar-refractivity contribution >= 4 is 5.91 Å². The smallest absolute Gasteiger partial charge is 0.257 e. The van der Waals surface area contributed by atoms with Crippen molar-refractivity contribution in [1.82, 2.24) is 4.90 Å². The summed E-state index contributed by atoms with van der Waals surface area (Å²) in [6, 6.07) is 11.6. The van der Waals surface area contributed by atoms with Crippen molar-refractivity contribution in [2.45, 2.75) is 6.92 Å². The number of rotatable bonds is 6. The summed E-state index contributed by atoms with van der Waals surface area (Å²) in [7, 11) is 3.09. The number of hydrogen-bond donors (Lipinski definition) is 0. The number of halogens is 1. The third-order valence-electron chi connectivity index (χ3n) is 3.46. The molecule has 23 heavy (non-hydrogen) atoms. The summed E-state index contributed by atoms with van der Waals surface area (Å²) in [5.74, 6) is 0.315. The summed E-state index contributed by atoms with van der Waals surface area (Å²) in [6.07, 6.45) is 0. The zero-order chi connectivity index (χ0) is 16.8. The van der Waals surface area contributed by atoms with Crippen molar-refractivity contribution in [2.75, 3.05) is 27.3 Å². The second-order valence-electron chi connectivity index (χ2n) is 5.23. The number of methoxy groups -OCH3 is 1. The molecular formula is C18H20FNO3. The molecule has 0 N–H and O–H groups in total. The van der Waals surface area contributed by atoms with Gasteiger partial charge in [0.05, 0.1) is 19.2 Å². The SMILES string of the molecule is COc1ccc(F)cc1C(=O)N(C)CCOc1ccc(C)cc1. The summed E-state index contributed by atoms with van der Waals surface area (Å²) in [5, 5.41) is 0. The number of ether oxygens (including phenoxy) is 2. The molecule has 0 bridgehead atoms. The lowest BCUT2D eigenvalue weighted by Gasteiger charge is -2.19. The lowest BCUT2D eigenvalue weighted by molar-refractivity contribution is 0.0770. The van der Waals surface area contributed by atoms with E-state index >= 15 is 0 Å². The van der Waals surface area contributed by atoms with Gasteiger partial charge in [-0.15, -0.1) is 0 Å². The summed E-state index contributed by atoms with van der Waals surface area (Å²) >= 11 is 0. The van der Waals surface area contributed by atoms with Gasteiger partial charge in [-0.3, -0.25) is 4.79 Å². The van der Waals surface area contributed by atoms with Crippen LogP contribution in [-0.2, 0) is 0 Å². The Morgan fingerprint density at radius 2 is 1.87 bits per heavy atom. The maximum Gasteiger partial charge on any atom is 0.257 e. The summed E-state index contributed by atoms with van der Waals surface area (Å²) in [4.78, 5) is 13.9. The Morgan fingerprint density at radius 1 is 1.17 bits per heavy atom. The minimum Gasteiger partial charge on any atom is -0.496 e. The quantitative estimate of drug-likeness (QED) is 0.820. The fourth-order valence-electron chi connectivity index (χ4n) is 2.09. The first-order valence-corrected chi connectivity index (χ1v) is 7.29. The van der Waals surface area contributed by atoms with Gasteiger partial charge in [0.1, 0.15) is 23.9 Å². The minimum atomic E-state index is -0.474. The van der Waals surface area contributed by atoms with Gasteiger partial charge in [0.2, 0.25) is 0 Å². The van der Waals surface area contributed by atoms with Gasteiger partial charge < -0.3 is 14.4 Å². The topological polar surface area (TPSA) is 38.8 Å². The van der Waals surface area contributed by atoms with Crippen molar-refractivity contribution in [1.29, 1.82) is 0 Å². The van der Waals surface area contributed by atoms with E-state index in [1.165, 1.54) is 30.2 Å². The van der Waals surface area contributed by atoms with Gasteiger partial charge in [0.15, 0.2) is 0 Å². The lowest BCUT2D eigenvalue weighted by Crippen LogP contribution is -2.31. The highest BCUT2D eigenvalue weighted by atomic mass is 19.1. The molecule has 4 nitrogen and oxygen atoms in total. The number of amides is 1. The molecule has 2 rings (SSSR count). The molecule has 0 aromatic heterocycles. The van der Waals surface area contributed by atoms with Gasteiger partial charge in [-0.25, -0.2) is 4.39 Å². The van der Waals surface area contributed by atoms with Crippen molar-refractivity contribution < 1.29 is 18.7 Å². The van der Waals surface area contributed by atoms with Crippen LogP contribution >= 0.6 is 0 Å². The Labute approximate surface area is 135 Å². The standard InChI is InChI=1S/C18H20FNO3/c1-13-4-7-15(8-5-13)23-11-10-20(2)18(21)16-12-14(19)6-9-17(16)22-3/h4-9,12H,10-11H2,1-3H3. The average molecular weight is 317 g/mol. The molecule has 0 aliphatic carbocycles. The van der Waals surface area contributed by atoms with E-state index in [2.05, 4.69) is 0 Å². The van der Waals surface area contributed by atoms with Crippen molar-refractivity contribution in [3.8, 4) is 11.5 Å². The van der Waals surface area contributed by atoms with E-state index in [4.69, 9.17) is 9.47 Å². The molecular weight excluding hydrogens is 297 g/mol. The molecule has 0 aliphatic heterocycles. The first-order chi connectivity index (χ1) is 11.0. The molecule has 2 aromatic rings. The first-order valence-electron chi connectivity index (χ1n) is 7.29. The normalized spacial score (nSPS) is 10.3. The first kappa shape index (κ1) is 16.8. The molecule has 122 valence electrons. The molecule has 1 amide bonds. The Kier molecular flexibility index (Phi) is 5.57. The van der Waals surface area contributed by atoms with E-state index in [1.807, 2.05) is 31.2 Å². The molecule has 0 atom stereocenters. The highest BCUT2D eigenvalue weighted by molar-refractivity contribution is 5.96. The van der Waals surface area contributed by atoms with E-state index in [-0.39, 0.29) is 11.5 Å². The zero-order valence-electron chi connectivity index (χ0n) is 13.5. The van der Waals surface area contributed by atoms with Crippen molar-refractivity contribution in [2.24, 2.45) is 0 Å². The molecule has 5 heteroatoms. The summed E-state index contributed by atoms with van der Waals surface area (Å²) in [5.41, 5.74) is 1.35. The lowest BCUT2D eigenvalue weighted by atomic mass is 10.1. The van der Waals surface area contributed by atoms with Crippen LogP contribution in [0.5, 0.6) is 11.5 Å². The third-order valence-corrected chi connectivity index (χ3v) is 3.46. The maximum absolute atomic E-state index is 13.4. The minimum absolute atomic E-state index is 0.199. The molecule has 0 fully saturated rings. The third kappa shape index (κ3) is 4.45. The zero-order valence-corrected chi connectivity index (χ0v) is 13.5. The highest BCUT2D eigenvalue weighted by Gasteiger charge is 2.17. The van der Waals surface area contributed by atoms with Gasteiger partial charge in [0.25, 0.3) is 5.91 Å². The number of carbonyl (C=O) groups excluding carboxylic acids is 1. The van der Waals surface area contributed by atoms with E-state index in [0.29, 0.717) is 18.9 Å². The van der Waals surface area contributed by atoms with Gasteiger partial charge >= 0.3 is 0 Å². The number of nitrogens with zero attached hydrogens (tertiary/aromatic N) is 1. The van der Waals surface area contributed by atoms with Crippen LogP contribution in [0.15, 0.2) is 42.5 Å². The number of hydrogen-bond acceptors (Lipinski definition) is 3. The van der Waals surface area contributed by atoms with Crippen LogP contribution in [0.2, 0.25) is 0 Å². The van der Waals surface area contributed by atoms with Crippen molar-refractivity contribution in [3.63, 3.8) is 0 Å². The fourth-order valence-corrected chi connectivity index (χ4v) is 2.09.